The molecule has 4 heteroatoms. The molecule has 2 aromatic rings. The van der Waals surface area contributed by atoms with E-state index < -0.39 is 6.04 Å². The average molecular weight is 245 g/mol. The summed E-state index contributed by atoms with van der Waals surface area (Å²) in [7, 11) is 0. The van der Waals surface area contributed by atoms with Gasteiger partial charge in [0.25, 0.3) is 0 Å². The van der Waals surface area contributed by atoms with Crippen molar-refractivity contribution in [2.75, 3.05) is 0 Å². The molecule has 0 radical (unpaired) electrons. The van der Waals surface area contributed by atoms with Gasteiger partial charge >= 0.3 is 0 Å². The summed E-state index contributed by atoms with van der Waals surface area (Å²) < 4.78 is 13.9. The largest absolute Gasteiger partial charge is 0.271 e. The van der Waals surface area contributed by atoms with E-state index in [-0.39, 0.29) is 5.82 Å². The van der Waals surface area contributed by atoms with Crippen LogP contribution in [0.4, 0.5) is 4.39 Å². The number of aryl methyl sites for hydroxylation is 2. The van der Waals surface area contributed by atoms with Crippen LogP contribution in [0.1, 0.15) is 28.3 Å². The van der Waals surface area contributed by atoms with Crippen LogP contribution in [-0.2, 0) is 0 Å². The molecule has 0 bridgehead atoms. The summed E-state index contributed by atoms with van der Waals surface area (Å²) in [4.78, 5) is 4.11. The molecule has 3 nitrogen and oxygen atoms in total. The summed E-state index contributed by atoms with van der Waals surface area (Å²) in [5.74, 6) is 5.29. The molecule has 1 unspecified atom stereocenters. The minimum absolute atomic E-state index is 0.273. The number of nitrogens with one attached hydrogen (secondary N) is 1. The van der Waals surface area contributed by atoms with Crippen LogP contribution in [0, 0.1) is 19.7 Å². The van der Waals surface area contributed by atoms with E-state index in [4.69, 9.17) is 5.84 Å². The molecule has 3 N–H and O–H groups in total. The van der Waals surface area contributed by atoms with E-state index in [1.54, 1.807) is 24.5 Å². The van der Waals surface area contributed by atoms with Gasteiger partial charge in [0.15, 0.2) is 0 Å². The molecule has 0 saturated carbocycles. The highest BCUT2D eigenvalue weighted by Gasteiger charge is 2.17. The Labute approximate surface area is 106 Å². The standard InChI is InChI=1S/C14H16FN3/c1-9-3-4-13(15)12(6-9)14(18-16)11-5-10(2)7-17-8-11/h3-8,14,18H,16H2,1-2H3. The number of nitrogens with two attached hydrogens (primary N) is 1. The third-order valence-corrected chi connectivity index (χ3v) is 2.86. The highest BCUT2D eigenvalue weighted by atomic mass is 19.1. The Morgan fingerprint density at radius 3 is 2.61 bits per heavy atom. The Bertz CT molecular complexity index is 554. The van der Waals surface area contributed by atoms with Gasteiger partial charge in [0.2, 0.25) is 0 Å². The molecule has 0 spiro atoms. The van der Waals surface area contributed by atoms with Gasteiger partial charge in [-0.2, -0.15) is 0 Å². The van der Waals surface area contributed by atoms with Crippen molar-refractivity contribution in [3.8, 4) is 0 Å². The molecule has 1 heterocycles. The zero-order valence-electron chi connectivity index (χ0n) is 10.4. The van der Waals surface area contributed by atoms with Gasteiger partial charge in [-0.1, -0.05) is 23.8 Å². The van der Waals surface area contributed by atoms with Crippen molar-refractivity contribution >= 4 is 0 Å². The van der Waals surface area contributed by atoms with Crippen molar-refractivity contribution in [2.24, 2.45) is 5.84 Å². The lowest BCUT2D eigenvalue weighted by atomic mass is 9.98. The number of halogens is 1. The third kappa shape index (κ3) is 2.55. The minimum atomic E-state index is -0.391. The molecular weight excluding hydrogens is 229 g/mol. The van der Waals surface area contributed by atoms with E-state index in [0.717, 1.165) is 16.7 Å². The van der Waals surface area contributed by atoms with Gasteiger partial charge in [0.05, 0.1) is 6.04 Å². The zero-order valence-corrected chi connectivity index (χ0v) is 10.4. The van der Waals surface area contributed by atoms with Gasteiger partial charge in [-0.05, 0) is 31.0 Å². The third-order valence-electron chi connectivity index (χ3n) is 2.86. The Morgan fingerprint density at radius 1 is 1.17 bits per heavy atom. The van der Waals surface area contributed by atoms with Gasteiger partial charge in [-0.25, -0.2) is 9.82 Å². The number of hydrazine groups is 1. The fourth-order valence-corrected chi connectivity index (χ4v) is 1.99. The Balaban J connectivity index is 2.48. The SMILES string of the molecule is Cc1cncc(C(NN)c2cc(C)ccc2F)c1. The molecule has 0 aliphatic carbocycles. The summed E-state index contributed by atoms with van der Waals surface area (Å²) in [6.07, 6.45) is 3.45. The molecule has 0 aliphatic heterocycles. The number of nitrogens with zero attached hydrogens (tertiary/aromatic N) is 1. The summed E-state index contributed by atoms with van der Waals surface area (Å²) in [6.45, 7) is 3.86. The van der Waals surface area contributed by atoms with E-state index >= 15 is 0 Å². The predicted octanol–water partition coefficient (Wildman–Crippen LogP) is 2.39. The minimum Gasteiger partial charge on any atom is -0.271 e. The highest BCUT2D eigenvalue weighted by molar-refractivity contribution is 5.34. The van der Waals surface area contributed by atoms with Crippen molar-refractivity contribution in [3.63, 3.8) is 0 Å². The molecule has 0 fully saturated rings. The van der Waals surface area contributed by atoms with Crippen molar-refractivity contribution in [1.82, 2.24) is 10.4 Å². The molecule has 18 heavy (non-hydrogen) atoms. The first-order chi connectivity index (χ1) is 8.61. The maximum atomic E-state index is 13.9. The summed E-state index contributed by atoms with van der Waals surface area (Å²) >= 11 is 0. The Hall–Kier alpha value is -1.78. The maximum absolute atomic E-state index is 13.9. The summed E-state index contributed by atoms with van der Waals surface area (Å²) in [5.41, 5.74) is 6.04. The lowest BCUT2D eigenvalue weighted by molar-refractivity contribution is 0.558. The van der Waals surface area contributed by atoms with Crippen molar-refractivity contribution < 1.29 is 4.39 Å². The van der Waals surface area contributed by atoms with Gasteiger partial charge in [0, 0.05) is 18.0 Å². The van der Waals surface area contributed by atoms with Crippen molar-refractivity contribution in [3.05, 3.63) is 64.7 Å². The summed E-state index contributed by atoms with van der Waals surface area (Å²) in [6, 6.07) is 6.54. The lowest BCUT2D eigenvalue weighted by Gasteiger charge is -2.18. The predicted molar refractivity (Wildman–Crippen MR) is 69.3 cm³/mol. The van der Waals surface area contributed by atoms with E-state index in [9.17, 15) is 4.39 Å². The zero-order chi connectivity index (χ0) is 13.1. The molecule has 0 amide bonds. The fourth-order valence-electron chi connectivity index (χ4n) is 1.99. The van der Waals surface area contributed by atoms with E-state index in [0.29, 0.717) is 5.56 Å². The van der Waals surface area contributed by atoms with Crippen molar-refractivity contribution in [1.29, 1.82) is 0 Å². The second kappa shape index (κ2) is 5.25. The van der Waals surface area contributed by atoms with Crippen LogP contribution in [0.5, 0.6) is 0 Å². The summed E-state index contributed by atoms with van der Waals surface area (Å²) in [5, 5.41) is 0. The van der Waals surface area contributed by atoms with E-state index in [2.05, 4.69) is 10.4 Å². The van der Waals surface area contributed by atoms with Crippen LogP contribution >= 0.6 is 0 Å². The molecule has 1 atom stereocenters. The van der Waals surface area contributed by atoms with Gasteiger partial charge in [0.1, 0.15) is 5.82 Å². The average Bonchev–Trinajstić information content (AvgIpc) is 2.35. The second-order valence-corrected chi connectivity index (χ2v) is 4.42. The molecule has 2 rings (SSSR count). The number of pyridine rings is 1. The number of rotatable bonds is 3. The number of hydrogen-bond acceptors (Lipinski definition) is 3. The number of aromatic nitrogens is 1. The molecule has 1 aromatic heterocycles. The Morgan fingerprint density at radius 2 is 1.94 bits per heavy atom. The smallest absolute Gasteiger partial charge is 0.128 e. The van der Waals surface area contributed by atoms with Crippen LogP contribution in [0.25, 0.3) is 0 Å². The molecule has 0 saturated heterocycles. The van der Waals surface area contributed by atoms with Crippen LogP contribution in [0.15, 0.2) is 36.7 Å². The second-order valence-electron chi connectivity index (χ2n) is 4.42. The molecule has 0 aliphatic rings. The normalized spacial score (nSPS) is 12.4. The maximum Gasteiger partial charge on any atom is 0.128 e. The lowest BCUT2D eigenvalue weighted by Crippen LogP contribution is -2.29. The topological polar surface area (TPSA) is 50.9 Å². The van der Waals surface area contributed by atoms with Gasteiger partial charge < -0.3 is 0 Å². The van der Waals surface area contributed by atoms with Crippen LogP contribution < -0.4 is 11.3 Å². The molecule has 94 valence electrons. The van der Waals surface area contributed by atoms with Crippen LogP contribution in [0.3, 0.4) is 0 Å². The first-order valence-electron chi connectivity index (χ1n) is 5.75. The quantitative estimate of drug-likeness (QED) is 0.645. The first-order valence-corrected chi connectivity index (χ1v) is 5.75. The monoisotopic (exact) mass is 245 g/mol. The fraction of sp³-hybridized carbons (Fsp3) is 0.214. The molecular formula is C14H16FN3. The first kappa shape index (κ1) is 12.7. The number of benzene rings is 1. The van der Waals surface area contributed by atoms with Crippen LogP contribution in [-0.4, -0.2) is 4.98 Å². The van der Waals surface area contributed by atoms with Crippen molar-refractivity contribution in [2.45, 2.75) is 19.9 Å². The Kier molecular flexibility index (Phi) is 3.69. The van der Waals surface area contributed by atoms with Gasteiger partial charge in [-0.3, -0.25) is 10.8 Å². The molecule has 1 aromatic carbocycles. The van der Waals surface area contributed by atoms with E-state index in [1.165, 1.54) is 6.07 Å². The van der Waals surface area contributed by atoms with E-state index in [1.807, 2.05) is 19.9 Å². The number of hydrogen-bond donors (Lipinski definition) is 2. The van der Waals surface area contributed by atoms with Gasteiger partial charge in [-0.15, -0.1) is 0 Å². The van der Waals surface area contributed by atoms with Crippen LogP contribution in [0.2, 0.25) is 0 Å². The highest BCUT2D eigenvalue weighted by Crippen LogP contribution is 2.24.